The molecule has 0 saturated carbocycles. The number of esters is 1. The standard InChI is InChI=1S/C14H18N2O6S/c1-2-22-14(17)11-4-3-9-15(10-11)23(20,21)13-7-5-12(6-8-13)16(18)19/h5-8,11H,2-4,9-10H2,1H3/t11-/m0/s1. The Bertz CT molecular complexity index is 686. The molecule has 1 fully saturated rings. The molecule has 1 heterocycles. The minimum atomic E-state index is -3.78. The number of nitrogens with zero attached hydrogens (tertiary/aromatic N) is 2. The summed E-state index contributed by atoms with van der Waals surface area (Å²) in [5.41, 5.74) is -0.174. The van der Waals surface area contributed by atoms with Crippen LogP contribution in [-0.2, 0) is 19.6 Å². The van der Waals surface area contributed by atoms with Gasteiger partial charge in [0.05, 0.1) is 22.3 Å². The number of nitro groups is 1. The molecule has 1 aliphatic rings. The van der Waals surface area contributed by atoms with Gasteiger partial charge in [0.1, 0.15) is 0 Å². The first-order valence-corrected chi connectivity index (χ1v) is 8.71. The van der Waals surface area contributed by atoms with E-state index in [2.05, 4.69) is 0 Å². The fraction of sp³-hybridized carbons (Fsp3) is 0.500. The molecule has 8 nitrogen and oxygen atoms in total. The Kier molecular flexibility index (Phi) is 5.32. The highest BCUT2D eigenvalue weighted by atomic mass is 32.2. The van der Waals surface area contributed by atoms with Crippen molar-refractivity contribution in [1.29, 1.82) is 0 Å². The summed E-state index contributed by atoms with van der Waals surface area (Å²) in [6.45, 7) is 2.34. The molecule has 1 aliphatic heterocycles. The number of carbonyl (C=O) groups excluding carboxylic acids is 1. The number of sulfonamides is 1. The van der Waals surface area contributed by atoms with Crippen molar-refractivity contribution < 1.29 is 22.9 Å². The van der Waals surface area contributed by atoms with Gasteiger partial charge in [0.15, 0.2) is 0 Å². The average Bonchev–Trinajstić information content (AvgIpc) is 2.55. The first-order chi connectivity index (χ1) is 10.9. The number of non-ortho nitro benzene ring substituents is 1. The van der Waals surface area contributed by atoms with E-state index in [1.165, 1.54) is 16.4 Å². The van der Waals surface area contributed by atoms with E-state index in [0.717, 1.165) is 12.1 Å². The Morgan fingerprint density at radius 3 is 2.61 bits per heavy atom. The molecule has 0 spiro atoms. The Morgan fingerprint density at radius 2 is 2.04 bits per heavy atom. The quantitative estimate of drug-likeness (QED) is 0.456. The van der Waals surface area contributed by atoms with Gasteiger partial charge in [-0.25, -0.2) is 8.42 Å². The number of piperidine rings is 1. The van der Waals surface area contributed by atoms with E-state index < -0.39 is 26.8 Å². The smallest absolute Gasteiger partial charge is 0.310 e. The number of hydrogen-bond donors (Lipinski definition) is 0. The lowest BCUT2D eigenvalue weighted by Gasteiger charge is -2.30. The van der Waals surface area contributed by atoms with Crippen molar-refractivity contribution in [3.63, 3.8) is 0 Å². The Balaban J connectivity index is 2.18. The third-order valence-corrected chi connectivity index (χ3v) is 5.57. The van der Waals surface area contributed by atoms with Gasteiger partial charge in [-0.3, -0.25) is 14.9 Å². The summed E-state index contributed by atoms with van der Waals surface area (Å²) in [5, 5.41) is 10.6. The molecular formula is C14H18N2O6S. The third kappa shape index (κ3) is 3.85. The molecule has 0 unspecified atom stereocenters. The second kappa shape index (κ2) is 7.05. The van der Waals surface area contributed by atoms with Crippen LogP contribution >= 0.6 is 0 Å². The molecule has 1 atom stereocenters. The summed E-state index contributed by atoms with van der Waals surface area (Å²) in [5.74, 6) is -0.868. The highest BCUT2D eigenvalue weighted by Crippen LogP contribution is 2.25. The molecule has 0 N–H and O–H groups in total. The molecule has 0 bridgehead atoms. The zero-order valence-corrected chi connectivity index (χ0v) is 13.5. The van der Waals surface area contributed by atoms with Gasteiger partial charge in [0, 0.05) is 25.2 Å². The van der Waals surface area contributed by atoms with Crippen LogP contribution < -0.4 is 0 Å². The zero-order chi connectivity index (χ0) is 17.0. The van der Waals surface area contributed by atoms with Crippen molar-refractivity contribution in [3.05, 3.63) is 34.4 Å². The molecule has 0 aliphatic carbocycles. The summed E-state index contributed by atoms with van der Waals surface area (Å²) in [6, 6.07) is 4.72. The summed E-state index contributed by atoms with van der Waals surface area (Å²) in [6.07, 6.45) is 1.15. The van der Waals surface area contributed by atoms with Gasteiger partial charge in [-0.2, -0.15) is 4.31 Å². The van der Waals surface area contributed by atoms with E-state index >= 15 is 0 Å². The van der Waals surface area contributed by atoms with E-state index in [4.69, 9.17) is 4.74 Å². The molecule has 0 radical (unpaired) electrons. The highest BCUT2D eigenvalue weighted by molar-refractivity contribution is 7.89. The molecule has 0 amide bonds. The maximum absolute atomic E-state index is 12.6. The van der Waals surface area contributed by atoms with Gasteiger partial charge >= 0.3 is 5.97 Å². The zero-order valence-electron chi connectivity index (χ0n) is 12.7. The number of rotatable bonds is 5. The van der Waals surface area contributed by atoms with Crippen LogP contribution in [0.3, 0.4) is 0 Å². The molecule has 9 heteroatoms. The van der Waals surface area contributed by atoms with Crippen LogP contribution in [0.15, 0.2) is 29.2 Å². The number of carbonyl (C=O) groups is 1. The van der Waals surface area contributed by atoms with Crippen LogP contribution in [0.2, 0.25) is 0 Å². The van der Waals surface area contributed by atoms with Gasteiger partial charge in [0.25, 0.3) is 5.69 Å². The molecule has 0 aromatic heterocycles. The van der Waals surface area contributed by atoms with Gasteiger partial charge in [-0.15, -0.1) is 0 Å². The summed E-state index contributed by atoms with van der Waals surface area (Å²) in [7, 11) is -3.78. The van der Waals surface area contributed by atoms with Gasteiger partial charge in [0.2, 0.25) is 10.0 Å². The predicted molar refractivity (Wildman–Crippen MR) is 81.2 cm³/mol. The monoisotopic (exact) mass is 342 g/mol. The van der Waals surface area contributed by atoms with Crippen LogP contribution in [0.5, 0.6) is 0 Å². The fourth-order valence-electron chi connectivity index (χ4n) is 2.50. The summed E-state index contributed by atoms with van der Waals surface area (Å²) >= 11 is 0. The van der Waals surface area contributed by atoms with Crippen molar-refractivity contribution in [2.24, 2.45) is 5.92 Å². The van der Waals surface area contributed by atoms with Crippen LogP contribution in [0, 0.1) is 16.0 Å². The SMILES string of the molecule is CCOC(=O)[C@H]1CCCN(S(=O)(=O)c2ccc([N+](=O)[O-])cc2)C1. The van der Waals surface area contributed by atoms with Crippen LogP contribution in [-0.4, -0.2) is 43.3 Å². The molecule has 2 rings (SSSR count). The topological polar surface area (TPSA) is 107 Å². The summed E-state index contributed by atoms with van der Waals surface area (Å²) < 4.78 is 31.4. The fourth-order valence-corrected chi connectivity index (χ4v) is 4.03. The second-order valence-electron chi connectivity index (χ2n) is 5.21. The van der Waals surface area contributed by atoms with Crippen molar-refractivity contribution in [2.75, 3.05) is 19.7 Å². The molecule has 23 heavy (non-hydrogen) atoms. The lowest BCUT2D eigenvalue weighted by Crippen LogP contribution is -2.42. The van der Waals surface area contributed by atoms with Gasteiger partial charge in [-0.05, 0) is 31.9 Å². The number of ether oxygens (including phenoxy) is 1. The van der Waals surface area contributed by atoms with Crippen molar-refractivity contribution >= 4 is 21.7 Å². The predicted octanol–water partition coefficient (Wildman–Crippen LogP) is 1.56. The average molecular weight is 342 g/mol. The van der Waals surface area contributed by atoms with E-state index in [9.17, 15) is 23.3 Å². The summed E-state index contributed by atoms with van der Waals surface area (Å²) in [4.78, 5) is 21.8. The minimum Gasteiger partial charge on any atom is -0.466 e. The van der Waals surface area contributed by atoms with Crippen LogP contribution in [0.1, 0.15) is 19.8 Å². The lowest BCUT2D eigenvalue weighted by atomic mass is 10.0. The van der Waals surface area contributed by atoms with E-state index in [-0.39, 0.29) is 23.7 Å². The Morgan fingerprint density at radius 1 is 1.39 bits per heavy atom. The third-order valence-electron chi connectivity index (χ3n) is 3.69. The normalized spacial score (nSPS) is 19.3. The second-order valence-corrected chi connectivity index (χ2v) is 7.14. The van der Waals surface area contributed by atoms with Gasteiger partial charge < -0.3 is 4.74 Å². The Hall–Kier alpha value is -2.00. The number of hydrogen-bond acceptors (Lipinski definition) is 6. The lowest BCUT2D eigenvalue weighted by molar-refractivity contribution is -0.384. The van der Waals surface area contributed by atoms with Crippen molar-refractivity contribution in [3.8, 4) is 0 Å². The van der Waals surface area contributed by atoms with Gasteiger partial charge in [-0.1, -0.05) is 0 Å². The van der Waals surface area contributed by atoms with E-state index in [1.807, 2.05) is 0 Å². The maximum atomic E-state index is 12.6. The van der Waals surface area contributed by atoms with Crippen LogP contribution in [0.4, 0.5) is 5.69 Å². The maximum Gasteiger partial charge on any atom is 0.310 e. The van der Waals surface area contributed by atoms with Crippen molar-refractivity contribution in [1.82, 2.24) is 4.31 Å². The first kappa shape index (κ1) is 17.4. The largest absolute Gasteiger partial charge is 0.466 e. The van der Waals surface area contributed by atoms with E-state index in [0.29, 0.717) is 19.4 Å². The number of benzene rings is 1. The molecule has 1 aromatic carbocycles. The molecular weight excluding hydrogens is 324 g/mol. The first-order valence-electron chi connectivity index (χ1n) is 7.27. The number of nitro benzene ring substituents is 1. The molecule has 126 valence electrons. The minimum absolute atomic E-state index is 0.0207. The Labute approximate surface area is 134 Å². The molecule has 1 saturated heterocycles. The molecule has 1 aromatic rings. The van der Waals surface area contributed by atoms with Crippen LogP contribution in [0.25, 0.3) is 0 Å². The van der Waals surface area contributed by atoms with E-state index in [1.54, 1.807) is 6.92 Å². The van der Waals surface area contributed by atoms with Crippen molar-refractivity contribution in [2.45, 2.75) is 24.7 Å². The highest BCUT2D eigenvalue weighted by Gasteiger charge is 2.34.